The van der Waals surface area contributed by atoms with E-state index in [0.29, 0.717) is 4.47 Å². The van der Waals surface area contributed by atoms with Gasteiger partial charge in [-0.2, -0.15) is 13.2 Å². The van der Waals surface area contributed by atoms with Crippen molar-refractivity contribution < 1.29 is 26.4 Å². The zero-order chi connectivity index (χ0) is 18.0. The Morgan fingerprint density at radius 2 is 1.50 bits per heavy atom. The Morgan fingerprint density at radius 1 is 0.958 bits per heavy atom. The van der Waals surface area contributed by atoms with E-state index in [1.165, 1.54) is 48.5 Å². The van der Waals surface area contributed by atoms with Crippen LogP contribution in [0.5, 0.6) is 0 Å². The summed E-state index contributed by atoms with van der Waals surface area (Å²) in [7, 11) is -5.79. The normalized spacial score (nSPS) is 12.9. The fourth-order valence-corrected chi connectivity index (χ4v) is 3.00. The first kappa shape index (κ1) is 18.4. The number of rotatable bonds is 4. The van der Waals surface area contributed by atoms with Gasteiger partial charge in [0.1, 0.15) is 4.91 Å². The van der Waals surface area contributed by atoms with Gasteiger partial charge in [0, 0.05) is 10.0 Å². The topological polar surface area (TPSA) is 51.2 Å². The lowest BCUT2D eigenvalue weighted by Gasteiger charge is -2.11. The number of ketones is 1. The molecule has 0 heterocycles. The number of hydrogen-bond acceptors (Lipinski definition) is 3. The fourth-order valence-electron chi connectivity index (χ4n) is 1.83. The highest BCUT2D eigenvalue weighted by molar-refractivity contribution is 9.10. The molecule has 2 rings (SSSR count). The summed E-state index contributed by atoms with van der Waals surface area (Å²) in [5, 5.41) is 0. The maximum absolute atomic E-state index is 12.9. The second-order valence-corrected chi connectivity index (χ2v) is 7.53. The van der Waals surface area contributed by atoms with Crippen LogP contribution in [-0.4, -0.2) is 19.7 Å². The number of sulfone groups is 1. The van der Waals surface area contributed by atoms with Gasteiger partial charge in [0.25, 0.3) is 9.84 Å². The van der Waals surface area contributed by atoms with Crippen molar-refractivity contribution in [2.45, 2.75) is 5.51 Å². The van der Waals surface area contributed by atoms with Gasteiger partial charge >= 0.3 is 5.51 Å². The summed E-state index contributed by atoms with van der Waals surface area (Å²) in [6.07, 6.45) is 0.729. The van der Waals surface area contributed by atoms with Gasteiger partial charge in [0.05, 0.1) is 0 Å². The van der Waals surface area contributed by atoms with Gasteiger partial charge in [-0.3, -0.25) is 4.79 Å². The predicted molar refractivity (Wildman–Crippen MR) is 87.9 cm³/mol. The molecule has 126 valence electrons. The van der Waals surface area contributed by atoms with E-state index in [4.69, 9.17) is 0 Å². The summed E-state index contributed by atoms with van der Waals surface area (Å²) in [5.41, 5.74) is -5.56. The van der Waals surface area contributed by atoms with Crippen molar-refractivity contribution in [2.24, 2.45) is 0 Å². The summed E-state index contributed by atoms with van der Waals surface area (Å²) in [6, 6.07) is 12.8. The molecule has 0 bridgehead atoms. The summed E-state index contributed by atoms with van der Waals surface area (Å²) in [4.78, 5) is 11.1. The molecule has 0 aliphatic heterocycles. The number of Topliss-reactive ketones (excluding diaryl/α,β-unsaturated/α-hetero) is 1. The van der Waals surface area contributed by atoms with Crippen molar-refractivity contribution in [3.8, 4) is 0 Å². The molecule has 8 heteroatoms. The van der Waals surface area contributed by atoms with E-state index >= 15 is 0 Å². The van der Waals surface area contributed by atoms with Crippen molar-refractivity contribution in [1.29, 1.82) is 0 Å². The molecular formula is C16H10BrF3O3S. The van der Waals surface area contributed by atoms with Crippen LogP contribution in [0.15, 0.2) is 64.0 Å². The second-order valence-electron chi connectivity index (χ2n) is 4.70. The molecule has 0 unspecified atom stereocenters. The van der Waals surface area contributed by atoms with E-state index in [-0.39, 0.29) is 11.1 Å². The van der Waals surface area contributed by atoms with E-state index in [1.807, 2.05) is 0 Å². The van der Waals surface area contributed by atoms with Crippen LogP contribution >= 0.6 is 15.9 Å². The van der Waals surface area contributed by atoms with Crippen molar-refractivity contribution >= 4 is 37.6 Å². The molecule has 0 N–H and O–H groups in total. The van der Waals surface area contributed by atoms with Crippen LogP contribution < -0.4 is 0 Å². The lowest BCUT2D eigenvalue weighted by molar-refractivity contribution is -0.0426. The minimum absolute atomic E-state index is 0.159. The van der Waals surface area contributed by atoms with Crippen LogP contribution in [0.3, 0.4) is 0 Å². The average molecular weight is 419 g/mol. The highest BCUT2D eigenvalue weighted by Gasteiger charge is 2.50. The van der Waals surface area contributed by atoms with Crippen LogP contribution in [0.4, 0.5) is 13.2 Å². The van der Waals surface area contributed by atoms with E-state index in [9.17, 15) is 26.4 Å². The molecule has 0 spiro atoms. The van der Waals surface area contributed by atoms with Crippen molar-refractivity contribution in [2.75, 3.05) is 0 Å². The van der Waals surface area contributed by atoms with Gasteiger partial charge in [-0.1, -0.05) is 46.3 Å². The molecule has 0 aromatic heterocycles. The van der Waals surface area contributed by atoms with Crippen molar-refractivity contribution in [3.63, 3.8) is 0 Å². The Balaban J connectivity index is 2.62. The maximum atomic E-state index is 12.9. The van der Waals surface area contributed by atoms with Crippen LogP contribution in [0.1, 0.15) is 15.9 Å². The summed E-state index contributed by atoms with van der Waals surface area (Å²) >= 11 is 3.13. The Bertz CT molecular complexity index is 871. The minimum Gasteiger partial charge on any atom is -0.288 e. The van der Waals surface area contributed by atoms with Gasteiger partial charge < -0.3 is 0 Å². The fraction of sp³-hybridized carbons (Fsp3) is 0.0625. The Hall–Kier alpha value is -1.93. The van der Waals surface area contributed by atoms with Crippen LogP contribution in [-0.2, 0) is 9.84 Å². The molecule has 24 heavy (non-hydrogen) atoms. The van der Waals surface area contributed by atoms with Gasteiger partial charge in [0.2, 0.25) is 5.78 Å². The number of hydrogen-bond donors (Lipinski definition) is 0. The van der Waals surface area contributed by atoms with Crippen LogP contribution in [0.25, 0.3) is 6.08 Å². The van der Waals surface area contributed by atoms with Gasteiger partial charge in [-0.15, -0.1) is 0 Å². The molecule has 2 aromatic carbocycles. The van der Waals surface area contributed by atoms with Gasteiger partial charge in [-0.25, -0.2) is 8.42 Å². The summed E-state index contributed by atoms with van der Waals surface area (Å²) < 4.78 is 63.0. The zero-order valence-electron chi connectivity index (χ0n) is 11.9. The van der Waals surface area contributed by atoms with E-state index in [1.54, 1.807) is 6.07 Å². The highest BCUT2D eigenvalue weighted by Crippen LogP contribution is 2.32. The van der Waals surface area contributed by atoms with Gasteiger partial charge in [-0.05, 0) is 35.9 Å². The second kappa shape index (κ2) is 6.90. The Labute approximate surface area is 144 Å². The number of alkyl halides is 3. The lowest BCUT2D eigenvalue weighted by Crippen LogP contribution is -2.28. The molecule has 0 atom stereocenters. The maximum Gasteiger partial charge on any atom is 0.502 e. The van der Waals surface area contributed by atoms with Crippen LogP contribution in [0.2, 0.25) is 0 Å². The van der Waals surface area contributed by atoms with Crippen LogP contribution in [0, 0.1) is 0 Å². The standard InChI is InChI=1S/C16H10BrF3O3S/c17-13-8-6-12(7-9-13)15(21)14(24(22,23)16(18,19)20)10-11-4-2-1-3-5-11/h1-10H/b14-10+. The minimum atomic E-state index is -5.79. The predicted octanol–water partition coefficient (Wildman–Crippen LogP) is 4.61. The smallest absolute Gasteiger partial charge is 0.288 e. The molecule has 0 aliphatic carbocycles. The quantitative estimate of drug-likeness (QED) is 0.538. The first-order valence-electron chi connectivity index (χ1n) is 6.51. The monoisotopic (exact) mass is 418 g/mol. The molecule has 0 saturated carbocycles. The number of halogens is 4. The molecule has 0 amide bonds. The molecule has 3 nitrogen and oxygen atoms in total. The Kier molecular flexibility index (Phi) is 5.29. The summed E-state index contributed by atoms with van der Waals surface area (Å²) in [6.45, 7) is 0. The number of carbonyl (C=O) groups excluding carboxylic acids is 1. The highest BCUT2D eigenvalue weighted by atomic mass is 79.9. The average Bonchev–Trinajstić information content (AvgIpc) is 2.52. The largest absolute Gasteiger partial charge is 0.502 e. The third-order valence-corrected chi connectivity index (χ3v) is 5.04. The molecular weight excluding hydrogens is 409 g/mol. The van der Waals surface area contributed by atoms with E-state index < -0.39 is 26.0 Å². The van der Waals surface area contributed by atoms with Crippen molar-refractivity contribution in [1.82, 2.24) is 0 Å². The number of carbonyl (C=O) groups is 1. The molecule has 0 saturated heterocycles. The summed E-state index contributed by atoms with van der Waals surface area (Å²) in [5.74, 6) is -1.22. The van der Waals surface area contributed by atoms with E-state index in [2.05, 4.69) is 15.9 Å². The molecule has 0 fully saturated rings. The molecule has 2 aromatic rings. The van der Waals surface area contributed by atoms with E-state index in [0.717, 1.165) is 6.08 Å². The SMILES string of the molecule is O=C(/C(=C\c1ccccc1)S(=O)(=O)C(F)(F)F)c1ccc(Br)cc1. The number of benzene rings is 2. The zero-order valence-corrected chi connectivity index (χ0v) is 14.3. The van der Waals surface area contributed by atoms with Crippen molar-refractivity contribution in [3.05, 3.63) is 75.1 Å². The molecule has 0 radical (unpaired) electrons. The Morgan fingerprint density at radius 3 is 2.00 bits per heavy atom. The number of allylic oxidation sites excluding steroid dienone is 1. The first-order valence-corrected chi connectivity index (χ1v) is 8.79. The van der Waals surface area contributed by atoms with Gasteiger partial charge in [0.15, 0.2) is 0 Å². The molecule has 0 aliphatic rings. The third-order valence-electron chi connectivity index (χ3n) is 3.02. The first-order chi connectivity index (χ1) is 11.1. The lowest BCUT2D eigenvalue weighted by atomic mass is 10.1. The third kappa shape index (κ3) is 3.93.